The number of aromatic hydroxyl groups is 1. The van der Waals surface area contributed by atoms with Crippen LogP contribution in [0.3, 0.4) is 0 Å². The van der Waals surface area contributed by atoms with Gasteiger partial charge < -0.3 is 15.3 Å². The minimum Gasteiger partial charge on any atom is -0.508 e. The van der Waals surface area contributed by atoms with Gasteiger partial charge in [-0.05, 0) is 47.9 Å². The maximum Gasteiger partial charge on any atom is 0.296 e. The largest absolute Gasteiger partial charge is 0.508 e. The summed E-state index contributed by atoms with van der Waals surface area (Å²) in [5, 5.41) is 14.2. The molecule has 2 aliphatic rings. The van der Waals surface area contributed by atoms with Gasteiger partial charge >= 0.3 is 0 Å². The van der Waals surface area contributed by atoms with Crippen LogP contribution in [0.5, 0.6) is 5.75 Å². The molecule has 0 aromatic heterocycles. The SMILES string of the molecule is O=C(C#Cc1ccc(O)cc1)NCc1ccc2c(c1)CN(C1CCC(=O)NC1=O)C2=O. The molecule has 0 bridgehead atoms. The lowest BCUT2D eigenvalue weighted by Crippen LogP contribution is -2.52. The zero-order chi connectivity index (χ0) is 22.0. The minimum absolute atomic E-state index is 0.126. The van der Waals surface area contributed by atoms with Gasteiger partial charge in [-0.25, -0.2) is 0 Å². The Morgan fingerprint density at radius 2 is 1.94 bits per heavy atom. The Morgan fingerprint density at radius 3 is 2.68 bits per heavy atom. The number of hydrogen-bond donors (Lipinski definition) is 3. The molecule has 4 amide bonds. The summed E-state index contributed by atoms with van der Waals surface area (Å²) in [5.41, 5.74) is 2.71. The first-order valence-electron chi connectivity index (χ1n) is 9.76. The van der Waals surface area contributed by atoms with Gasteiger partial charge in [0, 0.05) is 36.6 Å². The van der Waals surface area contributed by atoms with Gasteiger partial charge in [0.05, 0.1) is 0 Å². The van der Waals surface area contributed by atoms with Gasteiger partial charge in [0.1, 0.15) is 11.8 Å². The lowest BCUT2D eigenvalue weighted by Gasteiger charge is -2.29. The standard InChI is InChI=1S/C23H19N3O5/c27-17-5-1-14(2-6-17)4-9-20(28)24-12-15-3-7-18-16(11-15)13-26(23(18)31)19-8-10-21(29)25-22(19)30/h1-3,5-7,11,19,27H,8,10,12-13H2,(H,24,28)(H,25,29,30). The molecule has 8 heteroatoms. The first-order chi connectivity index (χ1) is 14.9. The van der Waals surface area contributed by atoms with Crippen molar-refractivity contribution in [1.82, 2.24) is 15.5 Å². The second-order valence-electron chi connectivity index (χ2n) is 7.37. The molecule has 3 N–H and O–H groups in total. The summed E-state index contributed by atoms with van der Waals surface area (Å²) >= 11 is 0. The van der Waals surface area contributed by atoms with Crippen molar-refractivity contribution in [2.45, 2.75) is 32.0 Å². The average molecular weight is 417 g/mol. The number of nitrogens with one attached hydrogen (secondary N) is 2. The third kappa shape index (κ3) is 4.41. The van der Waals surface area contributed by atoms with Crippen LogP contribution in [0.1, 0.15) is 39.9 Å². The van der Waals surface area contributed by atoms with Crippen LogP contribution in [-0.2, 0) is 27.5 Å². The van der Waals surface area contributed by atoms with Crippen molar-refractivity contribution in [3.05, 3.63) is 64.7 Å². The molecule has 1 unspecified atom stereocenters. The monoisotopic (exact) mass is 417 g/mol. The topological polar surface area (TPSA) is 116 Å². The number of nitrogens with zero attached hydrogens (tertiary/aromatic N) is 1. The van der Waals surface area contributed by atoms with Crippen LogP contribution in [0.15, 0.2) is 42.5 Å². The van der Waals surface area contributed by atoms with Gasteiger partial charge in [-0.3, -0.25) is 24.5 Å². The highest BCUT2D eigenvalue weighted by Gasteiger charge is 2.38. The summed E-state index contributed by atoms with van der Waals surface area (Å²) < 4.78 is 0. The third-order valence-corrected chi connectivity index (χ3v) is 5.23. The zero-order valence-corrected chi connectivity index (χ0v) is 16.5. The van der Waals surface area contributed by atoms with E-state index in [9.17, 15) is 24.3 Å². The highest BCUT2D eigenvalue weighted by atomic mass is 16.3. The van der Waals surface area contributed by atoms with E-state index >= 15 is 0 Å². The Labute approximate surface area is 178 Å². The molecule has 8 nitrogen and oxygen atoms in total. The molecule has 2 aromatic rings. The Hall–Kier alpha value is -4.12. The molecule has 1 saturated heterocycles. The Kier molecular flexibility index (Phi) is 5.41. The Bertz CT molecular complexity index is 1140. The summed E-state index contributed by atoms with van der Waals surface area (Å²) in [7, 11) is 0. The first kappa shape index (κ1) is 20.2. The van der Waals surface area contributed by atoms with E-state index in [4.69, 9.17) is 0 Å². The van der Waals surface area contributed by atoms with Gasteiger partial charge in [-0.2, -0.15) is 0 Å². The zero-order valence-electron chi connectivity index (χ0n) is 16.5. The summed E-state index contributed by atoms with van der Waals surface area (Å²) in [6.45, 7) is 0.520. The van der Waals surface area contributed by atoms with Gasteiger partial charge in [-0.1, -0.05) is 18.1 Å². The predicted molar refractivity (Wildman–Crippen MR) is 109 cm³/mol. The Morgan fingerprint density at radius 1 is 1.16 bits per heavy atom. The molecule has 1 atom stereocenters. The van der Waals surface area contributed by atoms with Gasteiger partial charge in [0.25, 0.3) is 11.8 Å². The summed E-state index contributed by atoms with van der Waals surface area (Å²) in [6, 6.07) is 10.8. The molecule has 0 radical (unpaired) electrons. The molecule has 1 fully saturated rings. The maximum absolute atomic E-state index is 12.7. The van der Waals surface area contributed by atoms with Crippen molar-refractivity contribution in [2.75, 3.05) is 0 Å². The van der Waals surface area contributed by atoms with Crippen LogP contribution in [0.25, 0.3) is 0 Å². The predicted octanol–water partition coefficient (Wildman–Crippen LogP) is 0.821. The summed E-state index contributed by atoms with van der Waals surface area (Å²) in [4.78, 5) is 49.6. The van der Waals surface area contributed by atoms with Gasteiger partial charge in [0.2, 0.25) is 11.8 Å². The number of benzene rings is 2. The third-order valence-electron chi connectivity index (χ3n) is 5.23. The van der Waals surface area contributed by atoms with Crippen molar-refractivity contribution in [3.63, 3.8) is 0 Å². The Balaban J connectivity index is 1.38. The fraction of sp³-hybridized carbons (Fsp3) is 0.217. The van der Waals surface area contributed by atoms with Crippen molar-refractivity contribution in [2.24, 2.45) is 0 Å². The second kappa shape index (κ2) is 8.32. The first-order valence-corrected chi connectivity index (χ1v) is 9.76. The van der Waals surface area contributed by atoms with E-state index in [0.29, 0.717) is 17.5 Å². The number of rotatable bonds is 3. The van der Waals surface area contributed by atoms with E-state index in [1.807, 2.05) is 6.07 Å². The quantitative estimate of drug-likeness (QED) is 0.505. The number of carbonyl (C=O) groups excluding carboxylic acids is 4. The highest BCUT2D eigenvalue weighted by Crippen LogP contribution is 2.28. The molecular formula is C23H19N3O5. The van der Waals surface area contributed by atoms with E-state index in [-0.39, 0.29) is 37.1 Å². The second-order valence-corrected chi connectivity index (χ2v) is 7.37. The maximum atomic E-state index is 12.7. The minimum atomic E-state index is -0.657. The molecule has 2 aliphatic heterocycles. The van der Waals surface area contributed by atoms with E-state index in [0.717, 1.165) is 11.1 Å². The van der Waals surface area contributed by atoms with Crippen molar-refractivity contribution >= 4 is 23.6 Å². The number of piperidine rings is 1. The fourth-order valence-electron chi connectivity index (χ4n) is 3.64. The number of amides is 4. The van der Waals surface area contributed by atoms with Crippen LogP contribution in [-0.4, -0.2) is 39.7 Å². The van der Waals surface area contributed by atoms with E-state index in [2.05, 4.69) is 22.5 Å². The molecule has 4 rings (SSSR count). The lowest BCUT2D eigenvalue weighted by molar-refractivity contribution is -0.137. The van der Waals surface area contributed by atoms with Gasteiger partial charge in [0.15, 0.2) is 0 Å². The van der Waals surface area contributed by atoms with Crippen LogP contribution in [0, 0.1) is 11.8 Å². The normalized spacial score (nSPS) is 17.5. The molecule has 0 spiro atoms. The van der Waals surface area contributed by atoms with Crippen molar-refractivity contribution in [1.29, 1.82) is 0 Å². The lowest BCUT2D eigenvalue weighted by atomic mass is 10.0. The summed E-state index contributed by atoms with van der Waals surface area (Å²) in [6.07, 6.45) is 0.520. The summed E-state index contributed by atoms with van der Waals surface area (Å²) in [5.74, 6) is 3.88. The van der Waals surface area contributed by atoms with Crippen LogP contribution < -0.4 is 10.6 Å². The number of phenolic OH excluding ortho intramolecular Hbond substituents is 1. The molecular weight excluding hydrogens is 398 g/mol. The smallest absolute Gasteiger partial charge is 0.296 e. The average Bonchev–Trinajstić information content (AvgIpc) is 3.07. The molecule has 0 aliphatic carbocycles. The number of fused-ring (bicyclic) bond motifs is 1. The molecule has 156 valence electrons. The number of carbonyl (C=O) groups is 4. The van der Waals surface area contributed by atoms with E-state index in [1.54, 1.807) is 24.3 Å². The van der Waals surface area contributed by atoms with E-state index in [1.165, 1.54) is 17.0 Å². The number of phenols is 1. The number of hydrogen-bond acceptors (Lipinski definition) is 5. The van der Waals surface area contributed by atoms with E-state index < -0.39 is 17.9 Å². The molecule has 0 saturated carbocycles. The van der Waals surface area contributed by atoms with Crippen LogP contribution in [0.2, 0.25) is 0 Å². The van der Waals surface area contributed by atoms with Crippen LogP contribution >= 0.6 is 0 Å². The van der Waals surface area contributed by atoms with Gasteiger partial charge in [-0.15, -0.1) is 0 Å². The highest BCUT2D eigenvalue weighted by molar-refractivity contribution is 6.05. The van der Waals surface area contributed by atoms with Crippen molar-refractivity contribution in [3.8, 4) is 17.6 Å². The van der Waals surface area contributed by atoms with Crippen LogP contribution in [0.4, 0.5) is 0 Å². The number of imide groups is 1. The molecule has 2 heterocycles. The fourth-order valence-corrected chi connectivity index (χ4v) is 3.64. The molecule has 31 heavy (non-hydrogen) atoms. The van der Waals surface area contributed by atoms with Crippen molar-refractivity contribution < 1.29 is 24.3 Å². The molecule has 2 aromatic carbocycles.